The summed E-state index contributed by atoms with van der Waals surface area (Å²) in [6.45, 7) is 0. The van der Waals surface area contributed by atoms with Crippen molar-refractivity contribution in [3.05, 3.63) is 23.8 Å². The highest BCUT2D eigenvalue weighted by molar-refractivity contribution is 7.80. The molecular formula is C16H21NO5S. The van der Waals surface area contributed by atoms with E-state index in [1.807, 2.05) is 6.07 Å². The third-order valence-electron chi connectivity index (χ3n) is 4.08. The lowest BCUT2D eigenvalue weighted by atomic mass is 10.0. The molecule has 0 aliphatic carbocycles. The van der Waals surface area contributed by atoms with Crippen LogP contribution in [-0.2, 0) is 9.59 Å². The molecule has 7 heteroatoms. The summed E-state index contributed by atoms with van der Waals surface area (Å²) in [5.41, 5.74) is 0.846. The van der Waals surface area contributed by atoms with Gasteiger partial charge in [0, 0.05) is 6.42 Å². The largest absolute Gasteiger partial charge is 0.493 e. The zero-order chi connectivity index (χ0) is 17.0. The van der Waals surface area contributed by atoms with Gasteiger partial charge < -0.3 is 19.5 Å². The van der Waals surface area contributed by atoms with E-state index >= 15 is 0 Å². The number of hydrogen-bond donors (Lipinski definition) is 2. The summed E-state index contributed by atoms with van der Waals surface area (Å²) in [5.74, 6) is 0.383. The van der Waals surface area contributed by atoms with Gasteiger partial charge in [0.05, 0.1) is 20.3 Å². The maximum Gasteiger partial charge on any atom is 0.326 e. The lowest BCUT2D eigenvalue weighted by molar-refractivity contribution is -0.149. The highest BCUT2D eigenvalue weighted by Crippen LogP contribution is 2.40. The molecule has 2 atom stereocenters. The van der Waals surface area contributed by atoms with Crippen LogP contribution in [0.4, 0.5) is 0 Å². The van der Waals surface area contributed by atoms with Gasteiger partial charge in [0.25, 0.3) is 0 Å². The van der Waals surface area contributed by atoms with Gasteiger partial charge in [0.1, 0.15) is 6.04 Å². The molecule has 0 bridgehead atoms. The van der Waals surface area contributed by atoms with Gasteiger partial charge >= 0.3 is 5.97 Å². The molecule has 0 saturated carbocycles. The molecule has 0 spiro atoms. The first-order valence-electron chi connectivity index (χ1n) is 7.40. The molecule has 1 aromatic carbocycles. The van der Waals surface area contributed by atoms with Crippen LogP contribution < -0.4 is 9.47 Å². The van der Waals surface area contributed by atoms with E-state index in [9.17, 15) is 14.7 Å². The third-order valence-corrected chi connectivity index (χ3v) is 4.30. The number of amides is 1. The number of ether oxygens (including phenoxy) is 2. The normalized spacial score (nSPS) is 20.4. The van der Waals surface area contributed by atoms with Crippen molar-refractivity contribution < 1.29 is 24.2 Å². The first-order chi connectivity index (χ1) is 11.0. The average Bonchev–Trinajstić information content (AvgIpc) is 2.99. The minimum Gasteiger partial charge on any atom is -0.493 e. The summed E-state index contributed by atoms with van der Waals surface area (Å²) in [6.07, 6.45) is 1.26. The fraction of sp³-hybridized carbons (Fsp3) is 0.500. The second-order valence-corrected chi connectivity index (χ2v) is 5.78. The van der Waals surface area contributed by atoms with E-state index in [0.717, 1.165) is 5.56 Å². The number of carbonyl (C=O) groups excluding carboxylic acids is 1. The molecule has 126 valence electrons. The van der Waals surface area contributed by atoms with Crippen LogP contribution in [0.5, 0.6) is 11.5 Å². The second-order valence-electron chi connectivity index (χ2n) is 5.34. The van der Waals surface area contributed by atoms with Gasteiger partial charge in [-0.25, -0.2) is 4.79 Å². The van der Waals surface area contributed by atoms with Crippen LogP contribution >= 0.6 is 12.6 Å². The molecule has 0 aromatic heterocycles. The topological polar surface area (TPSA) is 76.1 Å². The number of benzene rings is 1. The number of nitrogens with zero attached hydrogens (tertiary/aromatic N) is 1. The predicted molar refractivity (Wildman–Crippen MR) is 88.3 cm³/mol. The number of carboxylic acid groups (broad SMARTS) is 1. The summed E-state index contributed by atoms with van der Waals surface area (Å²) in [5, 5.41) is 9.39. The third kappa shape index (κ3) is 3.55. The summed E-state index contributed by atoms with van der Waals surface area (Å²) in [4.78, 5) is 25.3. The Balaban J connectivity index is 2.36. The molecule has 1 aliphatic rings. The molecule has 23 heavy (non-hydrogen) atoms. The summed E-state index contributed by atoms with van der Waals surface area (Å²) in [6, 6.07) is 4.35. The fourth-order valence-corrected chi connectivity index (χ4v) is 3.20. The van der Waals surface area contributed by atoms with Crippen LogP contribution in [0, 0.1) is 0 Å². The summed E-state index contributed by atoms with van der Waals surface area (Å²) < 4.78 is 10.5. The van der Waals surface area contributed by atoms with E-state index in [0.29, 0.717) is 30.1 Å². The average molecular weight is 339 g/mol. The maximum absolute atomic E-state index is 12.4. The monoisotopic (exact) mass is 339 g/mol. The Hall–Kier alpha value is -1.89. The number of thiol groups is 1. The Labute approximate surface area is 140 Å². The van der Waals surface area contributed by atoms with E-state index in [2.05, 4.69) is 12.6 Å². The lowest BCUT2D eigenvalue weighted by Crippen LogP contribution is -2.41. The van der Waals surface area contributed by atoms with E-state index in [1.165, 1.54) is 4.90 Å². The molecule has 0 radical (unpaired) electrons. The highest BCUT2D eigenvalue weighted by Gasteiger charge is 2.41. The highest BCUT2D eigenvalue weighted by atomic mass is 32.1. The number of methoxy groups -OCH3 is 2. The van der Waals surface area contributed by atoms with Crippen molar-refractivity contribution in [3.8, 4) is 11.5 Å². The van der Waals surface area contributed by atoms with Gasteiger partial charge in [-0.1, -0.05) is 6.07 Å². The van der Waals surface area contributed by atoms with Gasteiger partial charge in [-0.2, -0.15) is 12.6 Å². The maximum atomic E-state index is 12.4. The molecule has 1 saturated heterocycles. The summed E-state index contributed by atoms with van der Waals surface area (Å²) in [7, 11) is 3.09. The van der Waals surface area contributed by atoms with E-state index in [-0.39, 0.29) is 18.4 Å². The van der Waals surface area contributed by atoms with Gasteiger partial charge in [-0.3, -0.25) is 4.79 Å². The molecule has 2 rings (SSSR count). The number of rotatable bonds is 6. The van der Waals surface area contributed by atoms with Crippen molar-refractivity contribution in [1.29, 1.82) is 0 Å². The zero-order valence-electron chi connectivity index (χ0n) is 13.2. The smallest absolute Gasteiger partial charge is 0.326 e. The predicted octanol–water partition coefficient (Wildman–Crippen LogP) is 2.14. The number of carbonyl (C=O) groups is 2. The van der Waals surface area contributed by atoms with Gasteiger partial charge in [0.15, 0.2) is 11.5 Å². The van der Waals surface area contributed by atoms with Gasteiger partial charge in [-0.15, -0.1) is 0 Å². The molecule has 1 fully saturated rings. The molecule has 1 aliphatic heterocycles. The van der Waals surface area contributed by atoms with Gasteiger partial charge in [-0.05, 0) is 36.3 Å². The quantitative estimate of drug-likeness (QED) is 0.777. The molecule has 1 aromatic rings. The van der Waals surface area contributed by atoms with E-state index in [4.69, 9.17) is 9.47 Å². The van der Waals surface area contributed by atoms with Crippen LogP contribution in [0.3, 0.4) is 0 Å². The van der Waals surface area contributed by atoms with Crippen LogP contribution in [0.1, 0.15) is 30.9 Å². The van der Waals surface area contributed by atoms with Crippen LogP contribution in [0.15, 0.2) is 18.2 Å². The molecule has 1 amide bonds. The summed E-state index contributed by atoms with van der Waals surface area (Å²) >= 11 is 4.08. The van der Waals surface area contributed by atoms with Gasteiger partial charge in [0.2, 0.25) is 5.91 Å². The van der Waals surface area contributed by atoms with Crippen LogP contribution in [-0.4, -0.2) is 47.9 Å². The van der Waals surface area contributed by atoms with Crippen LogP contribution in [0.25, 0.3) is 0 Å². The van der Waals surface area contributed by atoms with Crippen LogP contribution in [0.2, 0.25) is 0 Å². The molecule has 1 N–H and O–H groups in total. The fourth-order valence-electron chi connectivity index (χ4n) is 3.01. The van der Waals surface area contributed by atoms with E-state index in [1.54, 1.807) is 26.4 Å². The standard InChI is InChI=1S/C16H21NO5S/c1-21-13-6-3-10(9-14(13)22-2)11-4-5-12(16(19)20)17(11)15(18)7-8-23/h3,6,9,11-12,23H,4-5,7-8H2,1-2H3,(H,19,20)/t11?,12-/m0/s1. The van der Waals surface area contributed by atoms with Crippen molar-refractivity contribution >= 4 is 24.5 Å². The Morgan fingerprint density at radius 2 is 1.96 bits per heavy atom. The number of aliphatic carboxylic acids is 1. The van der Waals surface area contributed by atoms with Crippen molar-refractivity contribution in [2.45, 2.75) is 31.3 Å². The molecule has 1 unspecified atom stereocenters. The first kappa shape index (κ1) is 17.5. The Morgan fingerprint density at radius 3 is 2.52 bits per heavy atom. The Bertz CT molecular complexity index is 592. The number of carboxylic acids is 1. The van der Waals surface area contributed by atoms with Crippen molar-refractivity contribution in [3.63, 3.8) is 0 Å². The second kappa shape index (κ2) is 7.59. The molecule has 1 heterocycles. The lowest BCUT2D eigenvalue weighted by Gasteiger charge is -2.29. The van der Waals surface area contributed by atoms with Crippen molar-refractivity contribution in [2.75, 3.05) is 20.0 Å². The van der Waals surface area contributed by atoms with Crippen molar-refractivity contribution in [2.24, 2.45) is 0 Å². The molecule has 6 nitrogen and oxygen atoms in total. The molecular weight excluding hydrogens is 318 g/mol. The Morgan fingerprint density at radius 1 is 1.26 bits per heavy atom. The zero-order valence-corrected chi connectivity index (χ0v) is 14.1. The number of likely N-dealkylation sites (tertiary alicyclic amines) is 1. The first-order valence-corrected chi connectivity index (χ1v) is 8.03. The van der Waals surface area contributed by atoms with E-state index < -0.39 is 12.0 Å². The SMILES string of the molecule is COc1ccc(C2CC[C@@H](C(=O)O)N2C(=O)CCS)cc1OC. The minimum atomic E-state index is -0.972. The Kier molecular flexibility index (Phi) is 5.76. The number of hydrogen-bond acceptors (Lipinski definition) is 5. The minimum absolute atomic E-state index is 0.190. The van der Waals surface area contributed by atoms with Crippen molar-refractivity contribution in [1.82, 2.24) is 4.90 Å².